The second-order valence-corrected chi connectivity index (χ2v) is 7.29. The molecule has 0 unspecified atom stereocenters. The molecule has 2 fully saturated rings. The molecule has 2 aliphatic rings. The summed E-state index contributed by atoms with van der Waals surface area (Å²) in [4.78, 5) is 25.8. The van der Waals surface area contributed by atoms with Crippen molar-refractivity contribution in [3.05, 3.63) is 29.0 Å². The Morgan fingerprint density at radius 3 is 3.05 bits per heavy atom. The Bertz CT molecular complexity index is 627. The SMILES string of the molecule is C[C@@]12CCC(=O)N1[C@H](C(=O)Nc1ccc(F)c(Cl)c1)CS2. The lowest BCUT2D eigenvalue weighted by atomic mass is 10.2. The third-order valence-electron chi connectivity index (χ3n) is 3.93. The van der Waals surface area contributed by atoms with Crippen molar-refractivity contribution >= 4 is 40.9 Å². The van der Waals surface area contributed by atoms with Crippen LogP contribution in [0.4, 0.5) is 10.1 Å². The summed E-state index contributed by atoms with van der Waals surface area (Å²) in [5.41, 5.74) is 0.427. The van der Waals surface area contributed by atoms with Gasteiger partial charge >= 0.3 is 0 Å². The minimum Gasteiger partial charge on any atom is -0.324 e. The third-order valence-corrected chi connectivity index (χ3v) is 5.73. The van der Waals surface area contributed by atoms with E-state index in [0.717, 1.165) is 6.42 Å². The van der Waals surface area contributed by atoms with E-state index in [1.165, 1.54) is 18.2 Å². The van der Waals surface area contributed by atoms with E-state index in [1.54, 1.807) is 16.7 Å². The maximum Gasteiger partial charge on any atom is 0.248 e. The van der Waals surface area contributed by atoms with Gasteiger partial charge in [-0.15, -0.1) is 11.8 Å². The fraction of sp³-hybridized carbons (Fsp3) is 0.429. The maximum absolute atomic E-state index is 13.1. The minimum absolute atomic E-state index is 0.0137. The molecule has 2 aliphatic heterocycles. The van der Waals surface area contributed by atoms with Crippen molar-refractivity contribution in [3.63, 3.8) is 0 Å². The fourth-order valence-electron chi connectivity index (χ4n) is 2.81. The lowest BCUT2D eigenvalue weighted by molar-refractivity contribution is -0.135. The summed E-state index contributed by atoms with van der Waals surface area (Å²) in [6.45, 7) is 1.99. The Labute approximate surface area is 131 Å². The van der Waals surface area contributed by atoms with E-state index in [4.69, 9.17) is 11.6 Å². The van der Waals surface area contributed by atoms with Gasteiger partial charge in [-0.3, -0.25) is 9.59 Å². The number of carbonyl (C=O) groups excluding carboxylic acids is 2. The van der Waals surface area contributed by atoms with Gasteiger partial charge in [0, 0.05) is 17.9 Å². The van der Waals surface area contributed by atoms with Gasteiger partial charge in [-0.25, -0.2) is 4.39 Å². The van der Waals surface area contributed by atoms with Crippen molar-refractivity contribution in [2.24, 2.45) is 0 Å². The van der Waals surface area contributed by atoms with Gasteiger partial charge in [-0.2, -0.15) is 0 Å². The zero-order chi connectivity index (χ0) is 15.2. The van der Waals surface area contributed by atoms with Gasteiger partial charge in [0.15, 0.2) is 0 Å². The predicted molar refractivity (Wildman–Crippen MR) is 80.8 cm³/mol. The van der Waals surface area contributed by atoms with Crippen molar-refractivity contribution < 1.29 is 14.0 Å². The number of amides is 2. The quantitative estimate of drug-likeness (QED) is 0.908. The molecule has 7 heteroatoms. The molecule has 0 aromatic heterocycles. The number of hydrogen-bond acceptors (Lipinski definition) is 3. The third kappa shape index (κ3) is 2.51. The van der Waals surface area contributed by atoms with Crippen LogP contribution in [0.1, 0.15) is 19.8 Å². The molecule has 2 heterocycles. The number of nitrogens with one attached hydrogen (secondary N) is 1. The molecule has 0 radical (unpaired) electrons. The Morgan fingerprint density at radius 2 is 2.33 bits per heavy atom. The largest absolute Gasteiger partial charge is 0.324 e. The lowest BCUT2D eigenvalue weighted by Crippen LogP contribution is -2.48. The smallest absolute Gasteiger partial charge is 0.248 e. The van der Waals surface area contributed by atoms with Crippen molar-refractivity contribution in [2.45, 2.75) is 30.7 Å². The first-order chi connectivity index (χ1) is 9.90. The molecule has 3 rings (SSSR count). The predicted octanol–water partition coefficient (Wildman–Crippen LogP) is 2.87. The molecule has 4 nitrogen and oxygen atoms in total. The average molecular weight is 329 g/mol. The zero-order valence-corrected chi connectivity index (χ0v) is 12.9. The number of nitrogens with zero attached hydrogens (tertiary/aromatic N) is 1. The van der Waals surface area contributed by atoms with Crippen LogP contribution < -0.4 is 5.32 Å². The molecule has 1 aromatic rings. The van der Waals surface area contributed by atoms with E-state index in [-0.39, 0.29) is 21.7 Å². The number of rotatable bonds is 2. The van der Waals surface area contributed by atoms with Crippen LogP contribution in [0.2, 0.25) is 5.02 Å². The summed E-state index contributed by atoms with van der Waals surface area (Å²) in [7, 11) is 0. The Balaban J connectivity index is 1.77. The van der Waals surface area contributed by atoms with Gasteiger partial charge in [-0.1, -0.05) is 11.6 Å². The van der Waals surface area contributed by atoms with Crippen molar-refractivity contribution in [1.29, 1.82) is 0 Å². The number of hydrogen-bond donors (Lipinski definition) is 1. The minimum atomic E-state index is -0.534. The van der Waals surface area contributed by atoms with Gasteiger partial charge in [0.2, 0.25) is 11.8 Å². The van der Waals surface area contributed by atoms with Crippen LogP contribution in [0, 0.1) is 5.82 Å². The molecular weight excluding hydrogens is 315 g/mol. The number of benzene rings is 1. The number of anilines is 1. The molecule has 2 amide bonds. The van der Waals surface area contributed by atoms with E-state index in [2.05, 4.69) is 5.32 Å². The van der Waals surface area contributed by atoms with Crippen LogP contribution in [0.15, 0.2) is 18.2 Å². The van der Waals surface area contributed by atoms with Crippen LogP contribution in [-0.4, -0.2) is 33.4 Å². The first-order valence-electron chi connectivity index (χ1n) is 6.63. The number of halogens is 2. The molecule has 112 valence electrons. The van der Waals surface area contributed by atoms with Crippen LogP contribution in [0.3, 0.4) is 0 Å². The van der Waals surface area contributed by atoms with Gasteiger partial charge in [-0.05, 0) is 31.5 Å². The molecule has 0 bridgehead atoms. The van der Waals surface area contributed by atoms with Gasteiger partial charge in [0.05, 0.1) is 9.89 Å². The zero-order valence-electron chi connectivity index (χ0n) is 11.4. The molecule has 1 aromatic carbocycles. The highest BCUT2D eigenvalue weighted by Crippen LogP contribution is 2.47. The highest BCUT2D eigenvalue weighted by Gasteiger charge is 2.52. The summed E-state index contributed by atoms with van der Waals surface area (Å²) in [5, 5.41) is 2.66. The highest BCUT2D eigenvalue weighted by molar-refractivity contribution is 8.01. The van der Waals surface area contributed by atoms with E-state index < -0.39 is 11.9 Å². The van der Waals surface area contributed by atoms with E-state index >= 15 is 0 Å². The fourth-order valence-corrected chi connectivity index (χ4v) is 4.43. The van der Waals surface area contributed by atoms with E-state index in [0.29, 0.717) is 17.9 Å². The summed E-state index contributed by atoms with van der Waals surface area (Å²) in [6.07, 6.45) is 1.25. The van der Waals surface area contributed by atoms with Crippen LogP contribution in [-0.2, 0) is 9.59 Å². The van der Waals surface area contributed by atoms with E-state index in [1.807, 2.05) is 6.92 Å². The van der Waals surface area contributed by atoms with Crippen molar-refractivity contribution in [3.8, 4) is 0 Å². The summed E-state index contributed by atoms with van der Waals surface area (Å²) >= 11 is 7.33. The second-order valence-electron chi connectivity index (χ2n) is 5.38. The topological polar surface area (TPSA) is 49.4 Å². The standard InChI is InChI=1S/C14H14ClFN2O2S/c1-14-5-4-12(19)18(14)11(7-21-14)13(20)17-8-2-3-10(16)9(15)6-8/h2-3,6,11H,4-5,7H2,1H3,(H,17,20)/t11-,14+/m0/s1. The molecule has 0 spiro atoms. The van der Waals surface area contributed by atoms with Crippen LogP contribution in [0.5, 0.6) is 0 Å². The van der Waals surface area contributed by atoms with Crippen LogP contribution >= 0.6 is 23.4 Å². The average Bonchev–Trinajstić information content (AvgIpc) is 2.91. The molecule has 1 N–H and O–H groups in total. The van der Waals surface area contributed by atoms with Crippen LogP contribution in [0.25, 0.3) is 0 Å². The molecule has 21 heavy (non-hydrogen) atoms. The van der Waals surface area contributed by atoms with Crippen molar-refractivity contribution in [2.75, 3.05) is 11.1 Å². The first kappa shape index (κ1) is 14.7. The molecule has 0 aliphatic carbocycles. The Hall–Kier alpha value is -1.27. The summed E-state index contributed by atoms with van der Waals surface area (Å²) < 4.78 is 13.1. The normalized spacial score (nSPS) is 27.9. The van der Waals surface area contributed by atoms with Crippen molar-refractivity contribution in [1.82, 2.24) is 4.90 Å². The maximum atomic E-state index is 13.1. The van der Waals surface area contributed by atoms with E-state index in [9.17, 15) is 14.0 Å². The van der Waals surface area contributed by atoms with Gasteiger partial charge in [0.25, 0.3) is 0 Å². The number of fused-ring (bicyclic) bond motifs is 1. The highest BCUT2D eigenvalue weighted by atomic mass is 35.5. The molecular formula is C14H14ClFN2O2S. The summed E-state index contributed by atoms with van der Waals surface area (Å²) in [6, 6.07) is 3.53. The molecule has 2 saturated heterocycles. The second kappa shape index (κ2) is 5.18. The number of thioether (sulfide) groups is 1. The summed E-state index contributed by atoms with van der Waals surface area (Å²) in [5.74, 6) is -0.208. The Morgan fingerprint density at radius 1 is 1.57 bits per heavy atom. The molecule has 2 atom stereocenters. The number of carbonyl (C=O) groups is 2. The Kier molecular flexibility index (Phi) is 3.61. The molecule has 0 saturated carbocycles. The monoisotopic (exact) mass is 328 g/mol. The van der Waals surface area contributed by atoms with Gasteiger partial charge < -0.3 is 10.2 Å². The van der Waals surface area contributed by atoms with Gasteiger partial charge in [0.1, 0.15) is 11.9 Å². The first-order valence-corrected chi connectivity index (χ1v) is 7.99. The lowest BCUT2D eigenvalue weighted by Gasteiger charge is -2.29.